The number of rotatable bonds is 4. The van der Waals surface area contributed by atoms with E-state index in [2.05, 4.69) is 26.7 Å². The molecule has 4 heteroatoms. The maximum Gasteiger partial charge on any atom is 0.305 e. The van der Waals surface area contributed by atoms with Crippen molar-refractivity contribution in [2.45, 2.75) is 19.3 Å². The molecule has 0 radical (unpaired) electrons. The summed E-state index contributed by atoms with van der Waals surface area (Å²) in [5, 5.41) is 8.70. The van der Waals surface area contributed by atoms with Crippen LogP contribution in [0.4, 0.5) is 0 Å². The van der Waals surface area contributed by atoms with E-state index in [0.29, 0.717) is 19.3 Å². The van der Waals surface area contributed by atoms with E-state index < -0.39 is 0 Å². The van der Waals surface area contributed by atoms with Crippen molar-refractivity contribution in [3.05, 3.63) is 33.8 Å². The van der Waals surface area contributed by atoms with Gasteiger partial charge in [-0.25, -0.2) is 0 Å². The minimum Gasteiger partial charge on any atom is -0.469 e. The van der Waals surface area contributed by atoms with Crippen LogP contribution in [-0.2, 0) is 22.4 Å². The van der Waals surface area contributed by atoms with Crippen LogP contribution in [0.15, 0.2) is 22.7 Å². The maximum atomic E-state index is 11.0. The molecular weight excluding hydrogens is 270 g/mol. The van der Waals surface area contributed by atoms with Crippen molar-refractivity contribution in [2.24, 2.45) is 0 Å². The Morgan fingerprint density at radius 2 is 2.25 bits per heavy atom. The van der Waals surface area contributed by atoms with Gasteiger partial charge in [-0.15, -0.1) is 0 Å². The van der Waals surface area contributed by atoms with E-state index in [1.54, 1.807) is 0 Å². The molecule has 0 spiro atoms. The minimum atomic E-state index is -0.231. The highest BCUT2D eigenvalue weighted by Gasteiger charge is 2.06. The maximum absolute atomic E-state index is 11.0. The number of ether oxygens (including phenoxy) is 1. The lowest BCUT2D eigenvalue weighted by Gasteiger charge is -2.06. The molecule has 0 N–H and O–H groups in total. The molecular formula is C12H12BrNO2. The van der Waals surface area contributed by atoms with E-state index in [9.17, 15) is 4.79 Å². The zero-order valence-electron chi connectivity index (χ0n) is 9.00. The molecule has 1 aromatic rings. The summed E-state index contributed by atoms with van der Waals surface area (Å²) in [5.74, 6) is -0.231. The lowest BCUT2D eigenvalue weighted by molar-refractivity contribution is -0.140. The van der Waals surface area contributed by atoms with Gasteiger partial charge in [0.2, 0.25) is 0 Å². The van der Waals surface area contributed by atoms with Crippen LogP contribution in [0.3, 0.4) is 0 Å². The second kappa shape index (κ2) is 6.29. The van der Waals surface area contributed by atoms with Crippen LogP contribution in [-0.4, -0.2) is 13.1 Å². The Morgan fingerprint density at radius 1 is 1.50 bits per heavy atom. The van der Waals surface area contributed by atoms with Gasteiger partial charge in [0.05, 0.1) is 19.6 Å². The third kappa shape index (κ3) is 3.67. The fourth-order valence-corrected chi connectivity index (χ4v) is 1.84. The third-order valence-corrected chi connectivity index (χ3v) is 2.76. The number of carbonyl (C=O) groups is 1. The number of carbonyl (C=O) groups excluding carboxylic acids is 1. The van der Waals surface area contributed by atoms with Crippen molar-refractivity contribution in [2.75, 3.05) is 7.11 Å². The topological polar surface area (TPSA) is 50.1 Å². The fourth-order valence-electron chi connectivity index (χ4n) is 1.43. The van der Waals surface area contributed by atoms with Crippen molar-refractivity contribution >= 4 is 21.9 Å². The fraction of sp³-hybridized carbons (Fsp3) is 0.333. The Bertz CT molecular complexity index is 424. The van der Waals surface area contributed by atoms with Gasteiger partial charge < -0.3 is 4.74 Å². The summed E-state index contributed by atoms with van der Waals surface area (Å²) in [7, 11) is 1.38. The molecule has 0 aliphatic carbocycles. The molecule has 0 atom stereocenters. The van der Waals surface area contributed by atoms with E-state index in [1.807, 2.05) is 18.2 Å². The second-order valence-electron chi connectivity index (χ2n) is 3.32. The molecule has 84 valence electrons. The van der Waals surface area contributed by atoms with E-state index in [-0.39, 0.29) is 5.97 Å². The molecule has 0 fully saturated rings. The summed E-state index contributed by atoms with van der Waals surface area (Å²) in [6.45, 7) is 0. The smallest absolute Gasteiger partial charge is 0.305 e. The van der Waals surface area contributed by atoms with Crippen LogP contribution in [0.2, 0.25) is 0 Å². The molecule has 0 unspecified atom stereocenters. The molecule has 1 aromatic carbocycles. The number of hydrogen-bond acceptors (Lipinski definition) is 3. The Labute approximate surface area is 103 Å². The molecule has 0 aliphatic heterocycles. The van der Waals surface area contributed by atoms with Crippen LogP contribution in [0.25, 0.3) is 0 Å². The van der Waals surface area contributed by atoms with Gasteiger partial charge >= 0.3 is 5.97 Å². The first-order valence-electron chi connectivity index (χ1n) is 4.88. The molecule has 0 saturated heterocycles. The lowest BCUT2D eigenvalue weighted by atomic mass is 10.0. The van der Waals surface area contributed by atoms with Gasteiger partial charge in [0.25, 0.3) is 0 Å². The molecule has 0 heterocycles. The summed E-state index contributed by atoms with van der Waals surface area (Å²) in [6.07, 6.45) is 1.31. The first kappa shape index (κ1) is 12.7. The van der Waals surface area contributed by atoms with E-state index in [1.165, 1.54) is 7.11 Å². The van der Waals surface area contributed by atoms with Gasteiger partial charge in [0.1, 0.15) is 0 Å². The van der Waals surface area contributed by atoms with Crippen LogP contribution in [0, 0.1) is 11.3 Å². The van der Waals surface area contributed by atoms with Gasteiger partial charge in [0, 0.05) is 10.9 Å². The molecule has 0 saturated carbocycles. The molecule has 1 rings (SSSR count). The van der Waals surface area contributed by atoms with Crippen molar-refractivity contribution in [3.63, 3.8) is 0 Å². The minimum absolute atomic E-state index is 0.231. The monoisotopic (exact) mass is 281 g/mol. The predicted molar refractivity (Wildman–Crippen MR) is 63.8 cm³/mol. The van der Waals surface area contributed by atoms with Gasteiger partial charge in [-0.1, -0.05) is 22.0 Å². The van der Waals surface area contributed by atoms with E-state index in [4.69, 9.17) is 5.26 Å². The molecule has 0 aromatic heterocycles. The van der Waals surface area contributed by atoms with Crippen molar-refractivity contribution in [3.8, 4) is 6.07 Å². The highest BCUT2D eigenvalue weighted by Crippen LogP contribution is 2.18. The summed E-state index contributed by atoms with van der Waals surface area (Å²) >= 11 is 3.36. The molecule has 3 nitrogen and oxygen atoms in total. The third-order valence-electron chi connectivity index (χ3n) is 2.26. The normalized spacial score (nSPS) is 9.56. The molecule has 16 heavy (non-hydrogen) atoms. The zero-order chi connectivity index (χ0) is 12.0. The second-order valence-corrected chi connectivity index (χ2v) is 4.24. The SMILES string of the molecule is COC(=O)CCc1ccc(Br)cc1CC#N. The first-order chi connectivity index (χ1) is 7.67. The number of esters is 1. The van der Waals surface area contributed by atoms with Gasteiger partial charge in [0.15, 0.2) is 0 Å². The first-order valence-corrected chi connectivity index (χ1v) is 5.67. The average Bonchev–Trinajstić information content (AvgIpc) is 2.28. The van der Waals surface area contributed by atoms with Gasteiger partial charge in [-0.05, 0) is 29.7 Å². The van der Waals surface area contributed by atoms with E-state index >= 15 is 0 Å². The Kier molecular flexibility index (Phi) is 5.00. The number of benzene rings is 1. The van der Waals surface area contributed by atoms with Crippen LogP contribution in [0.1, 0.15) is 17.5 Å². The quantitative estimate of drug-likeness (QED) is 0.798. The summed E-state index contributed by atoms with van der Waals surface area (Å²) in [4.78, 5) is 11.0. The largest absolute Gasteiger partial charge is 0.469 e. The predicted octanol–water partition coefficient (Wildman–Crippen LogP) is 2.62. The Balaban J connectivity index is 2.78. The van der Waals surface area contributed by atoms with Crippen molar-refractivity contribution in [1.82, 2.24) is 0 Å². The number of hydrogen-bond donors (Lipinski definition) is 0. The van der Waals surface area contributed by atoms with Crippen LogP contribution in [0.5, 0.6) is 0 Å². The lowest BCUT2D eigenvalue weighted by Crippen LogP contribution is -2.03. The number of halogens is 1. The summed E-state index contributed by atoms with van der Waals surface area (Å²) < 4.78 is 5.53. The molecule has 0 bridgehead atoms. The Morgan fingerprint density at radius 3 is 2.88 bits per heavy atom. The molecule has 0 aliphatic rings. The standard InChI is InChI=1S/C12H12BrNO2/c1-16-12(15)5-3-9-2-4-11(13)8-10(9)6-7-14/h2,4,8H,3,5-6H2,1H3. The van der Waals surface area contributed by atoms with Crippen LogP contribution < -0.4 is 0 Å². The highest BCUT2D eigenvalue weighted by molar-refractivity contribution is 9.10. The summed E-state index contributed by atoms with van der Waals surface area (Å²) in [5.41, 5.74) is 1.98. The molecule has 0 amide bonds. The van der Waals surface area contributed by atoms with E-state index in [0.717, 1.165) is 15.6 Å². The number of aryl methyl sites for hydroxylation is 1. The summed E-state index contributed by atoms with van der Waals surface area (Å²) in [6, 6.07) is 7.87. The number of methoxy groups -OCH3 is 1. The highest BCUT2D eigenvalue weighted by atomic mass is 79.9. The Hall–Kier alpha value is -1.34. The zero-order valence-corrected chi connectivity index (χ0v) is 10.6. The van der Waals surface area contributed by atoms with Gasteiger partial charge in [-0.3, -0.25) is 4.79 Å². The number of nitrogens with zero attached hydrogens (tertiary/aromatic N) is 1. The average molecular weight is 282 g/mol. The van der Waals surface area contributed by atoms with Crippen molar-refractivity contribution in [1.29, 1.82) is 5.26 Å². The van der Waals surface area contributed by atoms with Gasteiger partial charge in [-0.2, -0.15) is 5.26 Å². The van der Waals surface area contributed by atoms with Crippen molar-refractivity contribution < 1.29 is 9.53 Å². The number of nitriles is 1. The van der Waals surface area contributed by atoms with Crippen LogP contribution >= 0.6 is 15.9 Å².